The van der Waals surface area contributed by atoms with Gasteiger partial charge in [-0.2, -0.15) is 0 Å². The fourth-order valence-electron chi connectivity index (χ4n) is 5.94. The van der Waals surface area contributed by atoms with E-state index in [1.165, 1.54) is 0 Å². The minimum absolute atomic E-state index is 0. The Morgan fingerprint density at radius 2 is 1.18 bits per heavy atom. The minimum atomic E-state index is -0.376. The Bertz CT molecular complexity index is 1680. The van der Waals surface area contributed by atoms with Crippen molar-refractivity contribution in [2.45, 2.75) is 51.6 Å². The van der Waals surface area contributed by atoms with Crippen LogP contribution in [0.1, 0.15) is 49.6 Å². The molecular weight excluding hydrogens is 488 g/mol. The second kappa shape index (κ2) is 9.62. The third-order valence-corrected chi connectivity index (χ3v) is 7.77. The lowest BCUT2D eigenvalue weighted by molar-refractivity contribution is -0.122. The van der Waals surface area contributed by atoms with E-state index in [1.54, 1.807) is 12.4 Å². The number of carbonyl (C=O) groups is 2. The maximum absolute atomic E-state index is 13.3. The normalized spacial score (nSPS) is 16.6. The van der Waals surface area contributed by atoms with Crippen molar-refractivity contribution in [2.24, 2.45) is 0 Å². The Morgan fingerprint density at radius 1 is 0.667 bits per heavy atom. The zero-order chi connectivity index (χ0) is 26.3. The summed E-state index contributed by atoms with van der Waals surface area (Å²) in [5, 5.41) is 4.29. The van der Waals surface area contributed by atoms with E-state index in [2.05, 4.69) is 42.6 Å². The molecule has 0 unspecified atom stereocenters. The van der Waals surface area contributed by atoms with Crippen LogP contribution < -0.4 is 5.32 Å². The molecule has 2 aliphatic heterocycles. The Morgan fingerprint density at radius 3 is 1.69 bits per heavy atom. The van der Waals surface area contributed by atoms with Crippen molar-refractivity contribution >= 4 is 45.0 Å². The molecule has 5 aromatic heterocycles. The minimum Gasteiger partial charge on any atom is -0.332 e. The van der Waals surface area contributed by atoms with Crippen LogP contribution in [0.2, 0.25) is 0 Å². The molecule has 8 nitrogen and oxygen atoms in total. The number of pyridine rings is 3. The summed E-state index contributed by atoms with van der Waals surface area (Å²) in [4.78, 5) is 40.8. The molecule has 0 spiro atoms. The number of carbonyl (C=O) groups excluding carboxylic acids is 2. The number of aryl methyl sites for hydroxylation is 4. The lowest BCUT2D eigenvalue weighted by atomic mass is 9.96. The van der Waals surface area contributed by atoms with E-state index in [0.717, 1.165) is 96.2 Å². The van der Waals surface area contributed by atoms with Gasteiger partial charge in [0, 0.05) is 72.6 Å². The standard InChI is InChI=1S/C31H28N6O2.H2/c38-30-26-24-18-36(28-22(24)12-6-14-32-28)16-3-1-8-20-10-5-11-21(34-20)9-2-4-17-37-19-25(27(26)31(39)35-30)23-13-7-15-33-29(23)37;/h5-7,10-15,18-19H,1-4,8-9,16-17H2,(H,35,38,39);1H. The van der Waals surface area contributed by atoms with Gasteiger partial charge < -0.3 is 9.13 Å². The van der Waals surface area contributed by atoms with Crippen LogP contribution in [-0.2, 0) is 35.5 Å². The van der Waals surface area contributed by atoms with Crippen molar-refractivity contribution in [3.8, 4) is 0 Å². The van der Waals surface area contributed by atoms with Gasteiger partial charge in [-0.25, -0.2) is 9.97 Å². The van der Waals surface area contributed by atoms with E-state index >= 15 is 0 Å². The van der Waals surface area contributed by atoms with E-state index in [9.17, 15) is 9.59 Å². The first-order valence-corrected chi connectivity index (χ1v) is 13.6. The molecule has 2 aliphatic rings. The first-order valence-electron chi connectivity index (χ1n) is 13.6. The molecule has 5 aromatic rings. The quantitative estimate of drug-likeness (QED) is 0.293. The van der Waals surface area contributed by atoms with Crippen molar-refractivity contribution in [3.05, 3.63) is 89.8 Å². The van der Waals surface area contributed by atoms with Crippen LogP contribution in [0.15, 0.2) is 67.3 Å². The van der Waals surface area contributed by atoms with E-state index in [0.29, 0.717) is 11.1 Å². The van der Waals surface area contributed by atoms with Crippen molar-refractivity contribution in [1.29, 1.82) is 0 Å². The van der Waals surface area contributed by atoms with Gasteiger partial charge in [-0.15, -0.1) is 0 Å². The number of nitrogens with one attached hydrogen (secondary N) is 1. The first kappa shape index (κ1) is 23.5. The van der Waals surface area contributed by atoms with Gasteiger partial charge in [0.25, 0.3) is 11.8 Å². The Labute approximate surface area is 226 Å². The molecule has 8 heteroatoms. The lowest BCUT2D eigenvalue weighted by Gasteiger charge is -2.07. The Kier molecular flexibility index (Phi) is 5.80. The molecule has 7 rings (SSSR count). The van der Waals surface area contributed by atoms with Crippen LogP contribution >= 0.6 is 0 Å². The summed E-state index contributed by atoms with van der Waals surface area (Å²) < 4.78 is 4.21. The molecule has 39 heavy (non-hydrogen) atoms. The molecule has 2 amide bonds. The van der Waals surface area contributed by atoms with Gasteiger partial charge in [-0.3, -0.25) is 19.9 Å². The summed E-state index contributed by atoms with van der Waals surface area (Å²) in [5.74, 6) is -0.752. The molecule has 0 aromatic carbocycles. The first-order chi connectivity index (χ1) is 19.2. The summed E-state index contributed by atoms with van der Waals surface area (Å²) >= 11 is 0. The van der Waals surface area contributed by atoms with Crippen LogP contribution in [0, 0.1) is 0 Å². The smallest absolute Gasteiger partial charge is 0.259 e. The largest absolute Gasteiger partial charge is 0.332 e. The molecule has 6 bridgehead atoms. The number of rotatable bonds is 0. The van der Waals surface area contributed by atoms with E-state index in [-0.39, 0.29) is 13.2 Å². The Hall–Kier alpha value is -4.59. The average molecular weight is 519 g/mol. The summed E-state index contributed by atoms with van der Waals surface area (Å²) in [5.41, 5.74) is 6.14. The number of hydrogen-bond acceptors (Lipinski definition) is 5. The fourth-order valence-corrected chi connectivity index (χ4v) is 5.94. The molecular formula is C31H30N6O2. The number of aromatic nitrogens is 5. The number of nitrogens with zero attached hydrogens (tertiary/aromatic N) is 5. The monoisotopic (exact) mass is 518 g/mol. The molecule has 7 heterocycles. The predicted molar refractivity (Wildman–Crippen MR) is 152 cm³/mol. The maximum atomic E-state index is 13.3. The van der Waals surface area contributed by atoms with E-state index < -0.39 is 0 Å². The van der Waals surface area contributed by atoms with Crippen molar-refractivity contribution < 1.29 is 11.0 Å². The lowest BCUT2D eigenvalue weighted by Crippen LogP contribution is -2.22. The highest BCUT2D eigenvalue weighted by atomic mass is 16.2. The predicted octanol–water partition coefficient (Wildman–Crippen LogP) is 4.95. The molecule has 0 aliphatic carbocycles. The summed E-state index contributed by atoms with van der Waals surface area (Å²) in [6.07, 6.45) is 13.2. The zero-order valence-electron chi connectivity index (χ0n) is 21.6. The van der Waals surface area contributed by atoms with Crippen molar-refractivity contribution in [3.63, 3.8) is 0 Å². The second-order valence-corrected chi connectivity index (χ2v) is 10.3. The highest BCUT2D eigenvalue weighted by molar-refractivity contribution is 6.50. The topological polar surface area (TPSA) is 94.7 Å². The van der Waals surface area contributed by atoms with Gasteiger partial charge in [0.15, 0.2) is 0 Å². The maximum Gasteiger partial charge on any atom is 0.259 e. The SMILES string of the molecule is O=C1NC(=O)C2=C1c1cn(c3ncccc13)CCCCc1cccc(n1)CCCCn1cc2c2cccnc21.[HH]. The summed E-state index contributed by atoms with van der Waals surface area (Å²) in [6, 6.07) is 14.0. The third kappa shape index (κ3) is 4.12. The molecule has 0 saturated carbocycles. The summed E-state index contributed by atoms with van der Waals surface area (Å²) in [7, 11) is 0. The van der Waals surface area contributed by atoms with Gasteiger partial charge in [-0.1, -0.05) is 6.07 Å². The third-order valence-electron chi connectivity index (χ3n) is 7.77. The fraction of sp³-hybridized carbons (Fsp3) is 0.258. The Balaban J connectivity index is 0.00000289. The molecule has 0 atom stereocenters. The number of fused-ring (bicyclic) bond motifs is 14. The van der Waals surface area contributed by atoms with Crippen molar-refractivity contribution in [2.75, 3.05) is 0 Å². The zero-order valence-corrected chi connectivity index (χ0v) is 21.6. The van der Waals surface area contributed by atoms with Crippen LogP contribution in [0.25, 0.3) is 33.2 Å². The van der Waals surface area contributed by atoms with E-state index in [1.807, 2.05) is 36.7 Å². The molecule has 0 radical (unpaired) electrons. The average Bonchev–Trinajstić information content (AvgIpc) is 3.59. The summed E-state index contributed by atoms with van der Waals surface area (Å²) in [6.45, 7) is 1.52. The van der Waals surface area contributed by atoms with Gasteiger partial charge in [0.1, 0.15) is 11.3 Å². The molecule has 1 N–H and O–H groups in total. The van der Waals surface area contributed by atoms with Crippen LogP contribution in [0.5, 0.6) is 0 Å². The van der Waals surface area contributed by atoms with Gasteiger partial charge >= 0.3 is 0 Å². The highest BCUT2D eigenvalue weighted by Gasteiger charge is 2.35. The van der Waals surface area contributed by atoms with Gasteiger partial charge in [0.05, 0.1) is 11.1 Å². The van der Waals surface area contributed by atoms with Crippen LogP contribution in [0.3, 0.4) is 0 Å². The molecule has 0 fully saturated rings. The number of amides is 2. The highest BCUT2D eigenvalue weighted by Crippen LogP contribution is 2.38. The molecule has 0 saturated heterocycles. The second-order valence-electron chi connectivity index (χ2n) is 10.3. The van der Waals surface area contributed by atoms with Crippen molar-refractivity contribution in [1.82, 2.24) is 29.4 Å². The number of imide groups is 1. The molecule has 196 valence electrons. The van der Waals surface area contributed by atoms with Crippen LogP contribution in [0.4, 0.5) is 0 Å². The van der Waals surface area contributed by atoms with Crippen LogP contribution in [-0.4, -0.2) is 35.9 Å². The van der Waals surface area contributed by atoms with Gasteiger partial charge in [-0.05, 0) is 74.9 Å². The number of hydrogen-bond donors (Lipinski definition) is 1. The van der Waals surface area contributed by atoms with E-state index in [4.69, 9.17) is 4.98 Å². The van der Waals surface area contributed by atoms with Gasteiger partial charge in [0.2, 0.25) is 0 Å².